The van der Waals surface area contributed by atoms with E-state index in [4.69, 9.17) is 9.97 Å². The van der Waals surface area contributed by atoms with Gasteiger partial charge in [-0.1, -0.05) is 115 Å². The summed E-state index contributed by atoms with van der Waals surface area (Å²) in [4.78, 5) is 9.94. The van der Waals surface area contributed by atoms with Gasteiger partial charge in [0.15, 0.2) is 5.82 Å². The van der Waals surface area contributed by atoms with E-state index in [0.29, 0.717) is 11.3 Å². The molecule has 2 N–H and O–H groups in total. The molecular weight excluding hydrogens is 455 g/mol. The van der Waals surface area contributed by atoms with Crippen LogP contribution < -0.4 is 5.46 Å². The number of hydrogen-bond donors (Lipinski definition) is 2. The third-order valence-corrected chi connectivity index (χ3v) is 6.54. The van der Waals surface area contributed by atoms with Crippen LogP contribution in [0, 0.1) is 0 Å². The molecular formula is C32H23BN2O2. The molecule has 5 aromatic carbocycles. The summed E-state index contributed by atoms with van der Waals surface area (Å²) in [6.07, 6.45) is 0. The quantitative estimate of drug-likeness (QED) is 0.300. The fourth-order valence-electron chi connectivity index (χ4n) is 4.71. The molecule has 1 heterocycles. The number of hydrogen-bond acceptors (Lipinski definition) is 4. The van der Waals surface area contributed by atoms with Gasteiger partial charge in [0.25, 0.3) is 0 Å². The molecule has 6 aromatic rings. The summed E-state index contributed by atoms with van der Waals surface area (Å²) >= 11 is 0. The molecule has 0 aliphatic heterocycles. The lowest BCUT2D eigenvalue weighted by Gasteiger charge is -2.13. The first-order chi connectivity index (χ1) is 18.2. The lowest BCUT2D eigenvalue weighted by molar-refractivity contribution is 0.426. The second-order valence-corrected chi connectivity index (χ2v) is 8.90. The predicted octanol–water partition coefficient (Wildman–Crippen LogP) is 5.98. The van der Waals surface area contributed by atoms with Crippen LogP contribution in [0.4, 0.5) is 0 Å². The van der Waals surface area contributed by atoms with Gasteiger partial charge in [-0.25, -0.2) is 9.97 Å². The van der Waals surface area contributed by atoms with Gasteiger partial charge in [-0.3, -0.25) is 0 Å². The predicted molar refractivity (Wildman–Crippen MR) is 151 cm³/mol. The number of rotatable bonds is 5. The molecule has 0 aliphatic rings. The molecule has 0 saturated heterocycles. The topological polar surface area (TPSA) is 66.2 Å². The van der Waals surface area contributed by atoms with E-state index >= 15 is 0 Å². The SMILES string of the molecule is OB(O)c1ccc(-c2cc(-c3cccc(-c4ccccc4)c3)nc(-c3ccccc3)n2)c2ccccc12. The maximum atomic E-state index is 9.92. The Bertz CT molecular complexity index is 1700. The fraction of sp³-hybridized carbons (Fsp3) is 0. The third-order valence-electron chi connectivity index (χ3n) is 6.54. The first-order valence-electron chi connectivity index (χ1n) is 12.2. The average molecular weight is 478 g/mol. The zero-order valence-electron chi connectivity index (χ0n) is 20.0. The Morgan fingerprint density at radius 2 is 1.05 bits per heavy atom. The Balaban J connectivity index is 1.57. The summed E-state index contributed by atoms with van der Waals surface area (Å²) in [6.45, 7) is 0. The van der Waals surface area contributed by atoms with Gasteiger partial charge >= 0.3 is 7.12 Å². The molecule has 0 spiro atoms. The van der Waals surface area contributed by atoms with Gasteiger partial charge in [0.05, 0.1) is 11.4 Å². The van der Waals surface area contributed by atoms with Gasteiger partial charge in [0.1, 0.15) is 0 Å². The summed E-state index contributed by atoms with van der Waals surface area (Å²) in [6, 6.07) is 42.0. The van der Waals surface area contributed by atoms with Gasteiger partial charge in [-0.05, 0) is 39.5 Å². The minimum absolute atomic E-state index is 0.465. The molecule has 0 bridgehead atoms. The van der Waals surface area contributed by atoms with Crippen molar-refractivity contribution in [1.29, 1.82) is 0 Å². The summed E-state index contributed by atoms with van der Waals surface area (Å²) < 4.78 is 0. The van der Waals surface area contributed by atoms with Gasteiger partial charge in [-0.2, -0.15) is 0 Å². The summed E-state index contributed by atoms with van der Waals surface area (Å²) in [5.74, 6) is 0.633. The number of aromatic nitrogens is 2. The molecule has 0 amide bonds. The highest BCUT2D eigenvalue weighted by atomic mass is 16.4. The highest BCUT2D eigenvalue weighted by Gasteiger charge is 2.18. The number of benzene rings is 5. The van der Waals surface area contributed by atoms with Crippen LogP contribution in [0.5, 0.6) is 0 Å². The van der Waals surface area contributed by atoms with Crippen molar-refractivity contribution in [2.24, 2.45) is 0 Å². The highest BCUT2D eigenvalue weighted by Crippen LogP contribution is 2.32. The second-order valence-electron chi connectivity index (χ2n) is 8.90. The maximum Gasteiger partial charge on any atom is 0.489 e. The molecule has 0 aliphatic carbocycles. The van der Waals surface area contributed by atoms with Crippen LogP contribution in [0.25, 0.3) is 55.8 Å². The molecule has 176 valence electrons. The van der Waals surface area contributed by atoms with Crippen molar-refractivity contribution in [3.8, 4) is 45.0 Å². The minimum atomic E-state index is -1.56. The smallest absolute Gasteiger partial charge is 0.423 e. The molecule has 1 aromatic heterocycles. The van der Waals surface area contributed by atoms with Gasteiger partial charge in [0, 0.05) is 16.7 Å². The van der Waals surface area contributed by atoms with Gasteiger partial charge < -0.3 is 10.0 Å². The molecule has 0 atom stereocenters. The molecule has 0 unspecified atom stereocenters. The summed E-state index contributed by atoms with van der Waals surface area (Å²) in [5.41, 5.74) is 7.14. The monoisotopic (exact) mass is 478 g/mol. The van der Waals surface area contributed by atoms with E-state index in [1.165, 1.54) is 0 Å². The van der Waals surface area contributed by atoms with E-state index < -0.39 is 7.12 Å². The molecule has 4 nitrogen and oxygen atoms in total. The molecule has 37 heavy (non-hydrogen) atoms. The fourth-order valence-corrected chi connectivity index (χ4v) is 4.71. The van der Waals surface area contributed by atoms with Gasteiger partial charge in [-0.15, -0.1) is 0 Å². The van der Waals surface area contributed by atoms with E-state index in [2.05, 4.69) is 36.4 Å². The van der Waals surface area contributed by atoms with Crippen LogP contribution in [-0.2, 0) is 0 Å². The van der Waals surface area contributed by atoms with E-state index in [0.717, 1.165) is 50.0 Å². The summed E-state index contributed by atoms with van der Waals surface area (Å²) in [7, 11) is -1.56. The van der Waals surface area contributed by atoms with Crippen molar-refractivity contribution in [2.75, 3.05) is 0 Å². The van der Waals surface area contributed by atoms with Crippen molar-refractivity contribution in [1.82, 2.24) is 9.97 Å². The van der Waals surface area contributed by atoms with Crippen molar-refractivity contribution in [3.05, 3.63) is 127 Å². The van der Waals surface area contributed by atoms with Crippen LogP contribution in [-0.4, -0.2) is 27.1 Å². The average Bonchev–Trinajstić information content (AvgIpc) is 2.97. The molecule has 0 saturated carbocycles. The van der Waals surface area contributed by atoms with Crippen molar-refractivity contribution in [2.45, 2.75) is 0 Å². The van der Waals surface area contributed by atoms with Crippen LogP contribution >= 0.6 is 0 Å². The maximum absolute atomic E-state index is 9.92. The molecule has 0 radical (unpaired) electrons. The minimum Gasteiger partial charge on any atom is -0.423 e. The number of nitrogens with zero attached hydrogens (tertiary/aromatic N) is 2. The van der Waals surface area contributed by atoms with E-state index in [-0.39, 0.29) is 0 Å². The van der Waals surface area contributed by atoms with E-state index in [1.807, 2.05) is 84.9 Å². The van der Waals surface area contributed by atoms with Crippen LogP contribution in [0.1, 0.15) is 0 Å². The zero-order chi connectivity index (χ0) is 25.2. The third kappa shape index (κ3) is 4.54. The van der Waals surface area contributed by atoms with Crippen LogP contribution in [0.15, 0.2) is 127 Å². The van der Waals surface area contributed by atoms with E-state index in [1.54, 1.807) is 6.07 Å². The Morgan fingerprint density at radius 1 is 0.459 bits per heavy atom. The van der Waals surface area contributed by atoms with Crippen LogP contribution in [0.3, 0.4) is 0 Å². The highest BCUT2D eigenvalue weighted by molar-refractivity contribution is 6.62. The van der Waals surface area contributed by atoms with Crippen LogP contribution in [0.2, 0.25) is 0 Å². The standard InChI is InChI=1S/C32H23BN2O2/c36-33(37)29-19-18-28(26-16-7-8-17-27(26)29)31-21-30(34-32(35-31)23-12-5-2-6-13-23)25-15-9-14-24(20-25)22-10-3-1-4-11-22/h1-21,36-37H. The van der Waals surface area contributed by atoms with Crippen molar-refractivity contribution < 1.29 is 10.0 Å². The van der Waals surface area contributed by atoms with Crippen molar-refractivity contribution in [3.63, 3.8) is 0 Å². The zero-order valence-corrected chi connectivity index (χ0v) is 20.0. The van der Waals surface area contributed by atoms with Gasteiger partial charge in [0.2, 0.25) is 0 Å². The second kappa shape index (κ2) is 9.82. The number of fused-ring (bicyclic) bond motifs is 1. The largest absolute Gasteiger partial charge is 0.489 e. The summed E-state index contributed by atoms with van der Waals surface area (Å²) in [5, 5.41) is 21.5. The Labute approximate surface area is 215 Å². The normalized spacial score (nSPS) is 11.0. The molecule has 6 rings (SSSR count). The first kappa shape index (κ1) is 22.9. The molecule has 0 fully saturated rings. The lowest BCUT2D eigenvalue weighted by atomic mass is 9.76. The molecule has 5 heteroatoms. The Kier molecular flexibility index (Phi) is 6.07. The lowest BCUT2D eigenvalue weighted by Crippen LogP contribution is -2.30. The first-order valence-corrected chi connectivity index (χ1v) is 12.2. The Hall–Kier alpha value is -4.58. The van der Waals surface area contributed by atoms with Crippen molar-refractivity contribution >= 4 is 23.4 Å². The van der Waals surface area contributed by atoms with E-state index in [9.17, 15) is 10.0 Å². The Morgan fingerprint density at radius 3 is 1.78 bits per heavy atom.